The fourth-order valence-electron chi connectivity index (χ4n) is 2.05. The van der Waals surface area contributed by atoms with Crippen LogP contribution < -0.4 is 0 Å². The van der Waals surface area contributed by atoms with E-state index in [4.69, 9.17) is 23.2 Å². The first kappa shape index (κ1) is 9.88. The second kappa shape index (κ2) is 3.34. The lowest BCUT2D eigenvalue weighted by Crippen LogP contribution is -1.94. The van der Waals surface area contributed by atoms with Crippen LogP contribution in [0.4, 0.5) is 0 Å². The number of benzene rings is 2. The van der Waals surface area contributed by atoms with Gasteiger partial charge < -0.3 is 0 Å². The maximum absolute atomic E-state index is 12.1. The van der Waals surface area contributed by atoms with Gasteiger partial charge in [0.2, 0.25) is 0 Å². The molecule has 0 bridgehead atoms. The molecule has 0 aliphatic heterocycles. The van der Waals surface area contributed by atoms with Crippen LogP contribution in [0.5, 0.6) is 0 Å². The molecule has 0 N–H and O–H groups in total. The van der Waals surface area contributed by atoms with Gasteiger partial charge in [0.25, 0.3) is 0 Å². The minimum absolute atomic E-state index is 0.00463. The summed E-state index contributed by atoms with van der Waals surface area (Å²) in [6.07, 6.45) is 0. The topological polar surface area (TPSA) is 17.1 Å². The molecule has 78 valence electrons. The zero-order chi connectivity index (χ0) is 11.3. The van der Waals surface area contributed by atoms with Crippen molar-refractivity contribution in [3.63, 3.8) is 0 Å². The van der Waals surface area contributed by atoms with Gasteiger partial charge in [0.15, 0.2) is 5.78 Å². The van der Waals surface area contributed by atoms with Crippen LogP contribution in [0.2, 0.25) is 10.0 Å². The quantitative estimate of drug-likeness (QED) is 0.583. The Hall–Kier alpha value is -1.31. The molecule has 0 fully saturated rings. The fourth-order valence-corrected chi connectivity index (χ4v) is 2.50. The summed E-state index contributed by atoms with van der Waals surface area (Å²) < 4.78 is 0. The molecule has 3 rings (SSSR count). The van der Waals surface area contributed by atoms with Crippen molar-refractivity contribution in [2.24, 2.45) is 0 Å². The summed E-state index contributed by atoms with van der Waals surface area (Å²) in [6.45, 7) is 0. The Bertz CT molecular complexity index is 617. The van der Waals surface area contributed by atoms with Crippen molar-refractivity contribution < 1.29 is 4.79 Å². The highest BCUT2D eigenvalue weighted by atomic mass is 35.5. The molecule has 0 amide bonds. The first-order valence-electron chi connectivity index (χ1n) is 4.81. The van der Waals surface area contributed by atoms with Gasteiger partial charge in [-0.15, -0.1) is 0 Å². The highest BCUT2D eigenvalue weighted by Crippen LogP contribution is 2.41. The Kier molecular flexibility index (Phi) is 2.06. The van der Waals surface area contributed by atoms with Crippen LogP contribution in [-0.4, -0.2) is 5.78 Å². The van der Waals surface area contributed by atoms with Gasteiger partial charge in [0.1, 0.15) is 0 Å². The second-order valence-electron chi connectivity index (χ2n) is 3.68. The minimum atomic E-state index is -0.00463. The third-order valence-corrected chi connectivity index (χ3v) is 3.30. The SMILES string of the molecule is O=C1c2cc(Cl)ccc2-c2c(Cl)cccc21. The van der Waals surface area contributed by atoms with E-state index in [0.717, 1.165) is 11.1 Å². The van der Waals surface area contributed by atoms with E-state index in [9.17, 15) is 4.79 Å². The van der Waals surface area contributed by atoms with E-state index in [1.807, 2.05) is 6.07 Å². The van der Waals surface area contributed by atoms with Crippen molar-refractivity contribution in [2.75, 3.05) is 0 Å². The Morgan fingerprint density at radius 1 is 0.875 bits per heavy atom. The third-order valence-electron chi connectivity index (χ3n) is 2.75. The molecule has 1 aliphatic carbocycles. The first-order valence-corrected chi connectivity index (χ1v) is 5.57. The molecule has 0 atom stereocenters. The van der Waals surface area contributed by atoms with E-state index in [-0.39, 0.29) is 5.78 Å². The molecule has 16 heavy (non-hydrogen) atoms. The van der Waals surface area contributed by atoms with Gasteiger partial charge >= 0.3 is 0 Å². The summed E-state index contributed by atoms with van der Waals surface area (Å²) in [5.74, 6) is -0.00463. The highest BCUT2D eigenvalue weighted by Gasteiger charge is 2.28. The van der Waals surface area contributed by atoms with Crippen LogP contribution in [0.3, 0.4) is 0 Å². The van der Waals surface area contributed by atoms with Crippen LogP contribution >= 0.6 is 23.2 Å². The van der Waals surface area contributed by atoms with Crippen molar-refractivity contribution in [3.8, 4) is 11.1 Å². The van der Waals surface area contributed by atoms with Gasteiger partial charge in [0, 0.05) is 26.7 Å². The number of hydrogen-bond acceptors (Lipinski definition) is 1. The van der Waals surface area contributed by atoms with Crippen molar-refractivity contribution in [1.29, 1.82) is 0 Å². The summed E-state index contributed by atoms with van der Waals surface area (Å²) in [5, 5.41) is 1.17. The van der Waals surface area contributed by atoms with E-state index in [1.165, 1.54) is 0 Å². The summed E-state index contributed by atoms with van der Waals surface area (Å²) in [4.78, 5) is 12.1. The summed E-state index contributed by atoms with van der Waals surface area (Å²) in [7, 11) is 0. The van der Waals surface area contributed by atoms with E-state index >= 15 is 0 Å². The predicted octanol–water partition coefficient (Wildman–Crippen LogP) is 4.20. The molecule has 0 radical (unpaired) electrons. The molecule has 0 spiro atoms. The molecule has 1 aliphatic rings. The number of carbonyl (C=O) groups is 1. The monoisotopic (exact) mass is 248 g/mol. The standard InChI is InChI=1S/C13H6Cl2O/c14-7-4-5-8-10(6-7)13(16)9-2-1-3-11(15)12(8)9/h1-6H. The molecular formula is C13H6Cl2O. The maximum Gasteiger partial charge on any atom is 0.194 e. The van der Waals surface area contributed by atoms with Gasteiger partial charge in [-0.2, -0.15) is 0 Å². The zero-order valence-corrected chi connectivity index (χ0v) is 9.64. The molecule has 0 aromatic heterocycles. The Morgan fingerprint density at radius 3 is 2.50 bits per heavy atom. The van der Waals surface area contributed by atoms with Gasteiger partial charge in [-0.3, -0.25) is 4.79 Å². The summed E-state index contributed by atoms with van der Waals surface area (Å²) >= 11 is 12.0. The lowest BCUT2D eigenvalue weighted by molar-refractivity contribution is 0.104. The number of ketones is 1. The predicted molar refractivity (Wildman–Crippen MR) is 65.3 cm³/mol. The molecule has 3 heteroatoms. The molecular weight excluding hydrogens is 243 g/mol. The first-order chi connectivity index (χ1) is 7.68. The van der Waals surface area contributed by atoms with Gasteiger partial charge in [0.05, 0.1) is 0 Å². The van der Waals surface area contributed by atoms with Crippen LogP contribution in [0.1, 0.15) is 15.9 Å². The number of carbonyl (C=O) groups excluding carboxylic acids is 1. The lowest BCUT2D eigenvalue weighted by atomic mass is 10.1. The van der Waals surface area contributed by atoms with Crippen molar-refractivity contribution in [3.05, 3.63) is 57.6 Å². The molecule has 1 nitrogen and oxygen atoms in total. The van der Waals surface area contributed by atoms with Crippen molar-refractivity contribution in [2.45, 2.75) is 0 Å². The van der Waals surface area contributed by atoms with E-state index in [2.05, 4.69) is 0 Å². The molecule has 0 unspecified atom stereocenters. The van der Waals surface area contributed by atoms with E-state index in [0.29, 0.717) is 21.2 Å². The summed E-state index contributed by atoms with van der Waals surface area (Å²) in [6, 6.07) is 10.7. The zero-order valence-electron chi connectivity index (χ0n) is 8.13. The van der Waals surface area contributed by atoms with Gasteiger partial charge in [-0.1, -0.05) is 41.4 Å². The molecule has 2 aromatic rings. The average molecular weight is 249 g/mol. The molecule has 2 aromatic carbocycles. The average Bonchev–Trinajstić information content (AvgIpc) is 2.55. The molecule has 0 saturated heterocycles. The number of hydrogen-bond donors (Lipinski definition) is 0. The smallest absolute Gasteiger partial charge is 0.194 e. The molecule has 0 saturated carbocycles. The van der Waals surface area contributed by atoms with Crippen LogP contribution in [0.25, 0.3) is 11.1 Å². The second-order valence-corrected chi connectivity index (χ2v) is 4.53. The van der Waals surface area contributed by atoms with Gasteiger partial charge in [-0.25, -0.2) is 0 Å². The largest absolute Gasteiger partial charge is 0.289 e. The normalized spacial score (nSPS) is 12.5. The lowest BCUT2D eigenvalue weighted by Gasteiger charge is -2.01. The van der Waals surface area contributed by atoms with Crippen LogP contribution in [0, 0.1) is 0 Å². The maximum atomic E-state index is 12.1. The van der Waals surface area contributed by atoms with Crippen molar-refractivity contribution >= 4 is 29.0 Å². The number of fused-ring (bicyclic) bond motifs is 3. The molecule has 0 heterocycles. The van der Waals surface area contributed by atoms with Crippen LogP contribution in [-0.2, 0) is 0 Å². The van der Waals surface area contributed by atoms with E-state index in [1.54, 1.807) is 30.3 Å². The van der Waals surface area contributed by atoms with E-state index < -0.39 is 0 Å². The van der Waals surface area contributed by atoms with Crippen molar-refractivity contribution in [1.82, 2.24) is 0 Å². The highest BCUT2D eigenvalue weighted by molar-refractivity contribution is 6.37. The Balaban J connectivity index is 2.41. The number of halogens is 2. The minimum Gasteiger partial charge on any atom is -0.289 e. The fraction of sp³-hybridized carbons (Fsp3) is 0. The Labute approximate surface area is 103 Å². The Morgan fingerprint density at radius 2 is 1.69 bits per heavy atom. The van der Waals surface area contributed by atoms with Gasteiger partial charge in [-0.05, 0) is 23.8 Å². The third kappa shape index (κ3) is 1.22. The van der Waals surface area contributed by atoms with Crippen LogP contribution in [0.15, 0.2) is 36.4 Å². The number of rotatable bonds is 0. The summed E-state index contributed by atoms with van der Waals surface area (Å²) in [5.41, 5.74) is 2.98.